The monoisotopic (exact) mass is 312 g/mol. The fraction of sp³-hybridized carbons (Fsp3) is 0.333. The number of likely N-dealkylation sites (tertiary alicyclic amines) is 1. The van der Waals surface area contributed by atoms with Gasteiger partial charge in [0.05, 0.1) is 11.4 Å². The van der Waals surface area contributed by atoms with Gasteiger partial charge in [0.15, 0.2) is 0 Å². The van der Waals surface area contributed by atoms with Gasteiger partial charge in [-0.2, -0.15) is 0 Å². The van der Waals surface area contributed by atoms with Crippen molar-refractivity contribution in [3.63, 3.8) is 0 Å². The van der Waals surface area contributed by atoms with Crippen LogP contribution in [0.3, 0.4) is 0 Å². The molecule has 1 saturated heterocycles. The van der Waals surface area contributed by atoms with Crippen LogP contribution in [0.5, 0.6) is 0 Å². The molecule has 1 aromatic carbocycles. The number of alkyl halides is 1. The molecular weight excluding hydrogens is 300 g/mol. The quantitative estimate of drug-likeness (QED) is 0.684. The highest BCUT2D eigenvalue weighted by Gasteiger charge is 2.33. The average molecular weight is 313 g/mol. The maximum Gasteiger partial charge on any atom is 0.348 e. The van der Waals surface area contributed by atoms with Crippen LogP contribution in [0, 0.1) is 0 Å². The van der Waals surface area contributed by atoms with E-state index in [1.54, 1.807) is 0 Å². The third-order valence-corrected chi connectivity index (χ3v) is 3.48. The molecule has 1 aromatic rings. The molecule has 1 aliphatic heterocycles. The smallest absolute Gasteiger partial charge is 0.273 e. The van der Waals surface area contributed by atoms with Gasteiger partial charge in [-0.05, 0) is 12.0 Å². The van der Waals surface area contributed by atoms with E-state index in [1.807, 2.05) is 30.3 Å². The van der Waals surface area contributed by atoms with Gasteiger partial charge in [-0.15, -0.1) is 0 Å². The Morgan fingerprint density at radius 2 is 2.17 bits per heavy atom. The number of hydrogen-bond donors (Lipinski definition) is 1. The minimum absolute atomic E-state index is 0.226. The van der Waals surface area contributed by atoms with Crippen molar-refractivity contribution in [2.24, 2.45) is 0 Å². The number of carbonyl (C=O) groups excluding carboxylic acids is 2. The Kier molecular flexibility index (Phi) is 4.33. The molecule has 0 spiro atoms. The number of hydroxylamine groups is 1. The van der Waals surface area contributed by atoms with Gasteiger partial charge in [0.25, 0.3) is 0 Å². The molecule has 0 bridgehead atoms. The van der Waals surface area contributed by atoms with Gasteiger partial charge in [-0.1, -0.05) is 46.3 Å². The molecule has 1 unspecified atom stereocenters. The Balaban J connectivity index is 1.77. The Labute approximate surface area is 113 Å². The standard InChI is InChI=1S/C12H13BrN2O3/c13-10-6-7-15(11(10)16)12(17)14-18-8-9-4-2-1-3-5-9/h1-5,10H,6-8H2,(H,14,17). The van der Waals surface area contributed by atoms with E-state index < -0.39 is 6.03 Å². The van der Waals surface area contributed by atoms with E-state index in [0.717, 1.165) is 10.5 Å². The summed E-state index contributed by atoms with van der Waals surface area (Å²) in [5.74, 6) is -0.226. The SMILES string of the molecule is O=C(NOCc1ccccc1)N1CCC(Br)C1=O. The molecule has 96 valence electrons. The second-order valence-electron chi connectivity index (χ2n) is 3.93. The number of imide groups is 1. The highest BCUT2D eigenvalue weighted by molar-refractivity contribution is 9.10. The fourth-order valence-corrected chi connectivity index (χ4v) is 2.11. The summed E-state index contributed by atoms with van der Waals surface area (Å²) in [4.78, 5) is 29.1. The van der Waals surface area contributed by atoms with Gasteiger partial charge in [0.2, 0.25) is 5.91 Å². The van der Waals surface area contributed by atoms with Crippen molar-refractivity contribution in [3.8, 4) is 0 Å². The van der Waals surface area contributed by atoms with Crippen molar-refractivity contribution in [2.45, 2.75) is 17.9 Å². The van der Waals surface area contributed by atoms with Gasteiger partial charge < -0.3 is 0 Å². The third kappa shape index (κ3) is 3.08. The third-order valence-electron chi connectivity index (χ3n) is 2.63. The first-order valence-corrected chi connectivity index (χ1v) is 6.51. The molecule has 0 saturated carbocycles. The number of carbonyl (C=O) groups is 2. The van der Waals surface area contributed by atoms with Crippen molar-refractivity contribution in [2.75, 3.05) is 6.54 Å². The van der Waals surface area contributed by atoms with Crippen LogP contribution in [-0.2, 0) is 16.2 Å². The Morgan fingerprint density at radius 3 is 2.78 bits per heavy atom. The van der Waals surface area contributed by atoms with E-state index in [-0.39, 0.29) is 17.3 Å². The largest absolute Gasteiger partial charge is 0.348 e. The maximum atomic E-state index is 11.6. The minimum atomic E-state index is -0.516. The van der Waals surface area contributed by atoms with E-state index in [1.165, 1.54) is 0 Å². The number of hydrogen-bond acceptors (Lipinski definition) is 3. The summed E-state index contributed by atoms with van der Waals surface area (Å²) in [5, 5.41) is 0. The molecule has 1 heterocycles. The molecular formula is C12H13BrN2O3. The number of nitrogens with zero attached hydrogens (tertiary/aromatic N) is 1. The Morgan fingerprint density at radius 1 is 1.44 bits per heavy atom. The second-order valence-corrected chi connectivity index (χ2v) is 5.03. The molecule has 3 amide bonds. The summed E-state index contributed by atoms with van der Waals surface area (Å²) in [6, 6.07) is 8.95. The summed E-state index contributed by atoms with van der Waals surface area (Å²) < 4.78 is 0. The van der Waals surface area contributed by atoms with Crippen molar-refractivity contribution in [1.82, 2.24) is 10.4 Å². The van der Waals surface area contributed by atoms with Crippen LogP contribution < -0.4 is 5.48 Å². The molecule has 5 nitrogen and oxygen atoms in total. The molecule has 0 aromatic heterocycles. The first-order chi connectivity index (χ1) is 8.68. The zero-order chi connectivity index (χ0) is 13.0. The predicted octanol–water partition coefficient (Wildman–Crippen LogP) is 1.82. The van der Waals surface area contributed by atoms with Gasteiger partial charge in [0.1, 0.15) is 0 Å². The van der Waals surface area contributed by atoms with Gasteiger partial charge >= 0.3 is 6.03 Å². The number of halogens is 1. The van der Waals surface area contributed by atoms with Crippen LogP contribution in [-0.4, -0.2) is 28.2 Å². The topological polar surface area (TPSA) is 58.6 Å². The molecule has 1 aliphatic rings. The van der Waals surface area contributed by atoms with E-state index in [9.17, 15) is 9.59 Å². The first-order valence-electron chi connectivity index (χ1n) is 5.59. The van der Waals surface area contributed by atoms with Crippen LogP contribution in [0.25, 0.3) is 0 Å². The molecule has 1 fully saturated rings. The lowest BCUT2D eigenvalue weighted by molar-refractivity contribution is -0.125. The predicted molar refractivity (Wildman–Crippen MR) is 68.8 cm³/mol. The Bertz CT molecular complexity index is 438. The summed E-state index contributed by atoms with van der Waals surface area (Å²) in [6.07, 6.45) is 0.630. The van der Waals surface area contributed by atoms with Crippen LogP contribution >= 0.6 is 15.9 Å². The van der Waals surface area contributed by atoms with Gasteiger partial charge in [-0.25, -0.2) is 10.3 Å². The van der Waals surface area contributed by atoms with Gasteiger partial charge in [0, 0.05) is 6.54 Å². The Hall–Kier alpha value is -1.40. The maximum absolute atomic E-state index is 11.6. The fourth-order valence-electron chi connectivity index (χ4n) is 1.66. The summed E-state index contributed by atoms with van der Waals surface area (Å²) in [7, 11) is 0. The van der Waals surface area contributed by atoms with Crippen LogP contribution in [0.2, 0.25) is 0 Å². The zero-order valence-corrected chi connectivity index (χ0v) is 11.2. The van der Waals surface area contributed by atoms with E-state index in [0.29, 0.717) is 13.0 Å². The normalized spacial score (nSPS) is 19.1. The molecule has 6 heteroatoms. The van der Waals surface area contributed by atoms with Crippen LogP contribution in [0.1, 0.15) is 12.0 Å². The molecule has 0 aliphatic carbocycles. The number of amides is 3. The second kappa shape index (κ2) is 5.97. The average Bonchev–Trinajstić information content (AvgIpc) is 2.71. The van der Waals surface area contributed by atoms with Crippen molar-refractivity contribution in [3.05, 3.63) is 35.9 Å². The van der Waals surface area contributed by atoms with E-state index >= 15 is 0 Å². The lowest BCUT2D eigenvalue weighted by atomic mass is 10.2. The van der Waals surface area contributed by atoms with Crippen molar-refractivity contribution < 1.29 is 14.4 Å². The number of rotatable bonds is 3. The summed E-state index contributed by atoms with van der Waals surface area (Å²) >= 11 is 3.21. The van der Waals surface area contributed by atoms with Gasteiger partial charge in [-0.3, -0.25) is 14.5 Å². The van der Waals surface area contributed by atoms with Crippen LogP contribution in [0.15, 0.2) is 30.3 Å². The molecule has 0 radical (unpaired) electrons. The van der Waals surface area contributed by atoms with E-state index in [2.05, 4.69) is 21.4 Å². The number of urea groups is 1. The molecule has 18 heavy (non-hydrogen) atoms. The zero-order valence-electron chi connectivity index (χ0n) is 9.64. The highest BCUT2D eigenvalue weighted by atomic mass is 79.9. The van der Waals surface area contributed by atoms with E-state index in [4.69, 9.17) is 4.84 Å². The number of nitrogens with one attached hydrogen (secondary N) is 1. The lowest BCUT2D eigenvalue weighted by Gasteiger charge is -2.14. The molecule has 1 atom stereocenters. The van der Waals surface area contributed by atoms with Crippen LogP contribution in [0.4, 0.5) is 4.79 Å². The van der Waals surface area contributed by atoms with Crippen molar-refractivity contribution in [1.29, 1.82) is 0 Å². The highest BCUT2D eigenvalue weighted by Crippen LogP contribution is 2.18. The summed E-state index contributed by atoms with van der Waals surface area (Å²) in [5.41, 5.74) is 3.22. The molecule has 2 rings (SSSR count). The lowest BCUT2D eigenvalue weighted by Crippen LogP contribution is -2.41. The van der Waals surface area contributed by atoms with Crippen molar-refractivity contribution >= 4 is 27.9 Å². The number of benzene rings is 1. The minimum Gasteiger partial charge on any atom is -0.273 e. The molecule has 1 N–H and O–H groups in total. The first kappa shape index (κ1) is 13.0. The summed E-state index contributed by atoms with van der Waals surface area (Å²) in [6.45, 7) is 0.682.